The van der Waals surface area contributed by atoms with Crippen molar-refractivity contribution in [2.75, 3.05) is 11.1 Å². The molecule has 2 heterocycles. The number of nitrogens with zero attached hydrogens (tertiary/aromatic N) is 3. The third kappa shape index (κ3) is 3.39. The molecule has 0 radical (unpaired) electrons. The number of nitrogen functional groups attached to an aromatic ring is 1. The Morgan fingerprint density at radius 2 is 2.18 bits per heavy atom. The van der Waals surface area contributed by atoms with Crippen LogP contribution in [0, 0.1) is 6.92 Å². The lowest BCUT2D eigenvalue weighted by Gasteiger charge is -2.05. The van der Waals surface area contributed by atoms with E-state index in [0.29, 0.717) is 22.9 Å². The fourth-order valence-corrected chi connectivity index (χ4v) is 1.70. The smallest absolute Gasteiger partial charge is 0.225 e. The first-order valence-corrected chi connectivity index (χ1v) is 5.88. The van der Waals surface area contributed by atoms with Gasteiger partial charge in [0.25, 0.3) is 0 Å². The van der Waals surface area contributed by atoms with Crippen LogP contribution in [-0.2, 0) is 6.54 Å². The van der Waals surface area contributed by atoms with Crippen molar-refractivity contribution >= 4 is 27.7 Å². The van der Waals surface area contributed by atoms with E-state index in [-0.39, 0.29) is 0 Å². The largest absolute Gasteiger partial charge is 0.383 e. The lowest BCUT2D eigenvalue weighted by Crippen LogP contribution is -2.05. The normalized spacial score (nSPS) is 10.2. The molecule has 0 unspecified atom stereocenters. The fraction of sp³-hybridized carbons (Fsp3) is 0.182. The quantitative estimate of drug-likeness (QED) is 0.848. The Morgan fingerprint density at radius 3 is 2.82 bits per heavy atom. The van der Waals surface area contributed by atoms with Gasteiger partial charge in [-0.15, -0.1) is 0 Å². The maximum Gasteiger partial charge on any atom is 0.225 e. The molecule has 0 aromatic carbocycles. The number of hydrogen-bond acceptors (Lipinski definition) is 5. The Bertz CT molecular complexity index is 492. The van der Waals surface area contributed by atoms with Crippen LogP contribution >= 0.6 is 15.9 Å². The van der Waals surface area contributed by atoms with Gasteiger partial charge in [0.1, 0.15) is 10.4 Å². The summed E-state index contributed by atoms with van der Waals surface area (Å²) in [6.07, 6.45) is 1.82. The Hall–Kier alpha value is -1.69. The topological polar surface area (TPSA) is 76.7 Å². The summed E-state index contributed by atoms with van der Waals surface area (Å²) in [6, 6.07) is 5.63. The number of halogens is 1. The summed E-state index contributed by atoms with van der Waals surface area (Å²) in [5.41, 5.74) is 7.68. The van der Waals surface area contributed by atoms with Crippen LogP contribution in [0.15, 0.2) is 29.0 Å². The highest BCUT2D eigenvalue weighted by Gasteiger charge is 2.00. The highest BCUT2D eigenvalue weighted by atomic mass is 79.9. The van der Waals surface area contributed by atoms with E-state index < -0.39 is 0 Å². The van der Waals surface area contributed by atoms with Gasteiger partial charge in [0.05, 0.1) is 0 Å². The molecule has 6 heteroatoms. The van der Waals surface area contributed by atoms with Gasteiger partial charge in [0, 0.05) is 24.5 Å². The van der Waals surface area contributed by atoms with E-state index in [4.69, 9.17) is 5.73 Å². The van der Waals surface area contributed by atoms with Gasteiger partial charge in [-0.25, -0.2) is 4.98 Å². The molecule has 0 bridgehead atoms. The summed E-state index contributed by atoms with van der Waals surface area (Å²) in [6.45, 7) is 2.57. The molecule has 0 aliphatic heterocycles. The lowest BCUT2D eigenvalue weighted by molar-refractivity contribution is 1.03. The van der Waals surface area contributed by atoms with Crippen LogP contribution in [0.5, 0.6) is 0 Å². The van der Waals surface area contributed by atoms with Crippen LogP contribution in [0.25, 0.3) is 0 Å². The zero-order valence-electron chi connectivity index (χ0n) is 9.31. The Balaban J connectivity index is 2.04. The van der Waals surface area contributed by atoms with Gasteiger partial charge in [-0.2, -0.15) is 4.98 Å². The average Bonchev–Trinajstić information content (AvgIpc) is 2.27. The fourth-order valence-electron chi connectivity index (χ4n) is 1.30. The van der Waals surface area contributed by atoms with Crippen LogP contribution in [0.1, 0.15) is 11.3 Å². The molecule has 88 valence electrons. The monoisotopic (exact) mass is 293 g/mol. The third-order valence-electron chi connectivity index (χ3n) is 2.14. The number of pyridine rings is 1. The minimum atomic E-state index is 0.427. The molecule has 0 saturated heterocycles. The first-order valence-electron chi connectivity index (χ1n) is 5.09. The van der Waals surface area contributed by atoms with Gasteiger partial charge >= 0.3 is 0 Å². The van der Waals surface area contributed by atoms with E-state index in [1.165, 1.54) is 0 Å². The van der Waals surface area contributed by atoms with Crippen molar-refractivity contribution in [1.29, 1.82) is 0 Å². The van der Waals surface area contributed by atoms with E-state index in [1.807, 2.05) is 25.3 Å². The lowest BCUT2D eigenvalue weighted by atomic mass is 10.2. The van der Waals surface area contributed by atoms with Crippen molar-refractivity contribution in [2.24, 2.45) is 0 Å². The molecular formula is C11H12BrN5. The second-order valence-electron chi connectivity index (χ2n) is 3.60. The summed E-state index contributed by atoms with van der Waals surface area (Å²) in [7, 11) is 0. The first kappa shape index (κ1) is 11.8. The van der Waals surface area contributed by atoms with Crippen LogP contribution in [0.2, 0.25) is 0 Å². The van der Waals surface area contributed by atoms with Crippen LogP contribution < -0.4 is 11.1 Å². The molecule has 2 aromatic heterocycles. The van der Waals surface area contributed by atoms with E-state index in [1.54, 1.807) is 6.07 Å². The van der Waals surface area contributed by atoms with E-state index >= 15 is 0 Å². The second-order valence-corrected chi connectivity index (χ2v) is 4.41. The predicted octanol–water partition coefficient (Wildman–Crippen LogP) is 2.14. The summed E-state index contributed by atoms with van der Waals surface area (Å²) in [4.78, 5) is 12.4. The van der Waals surface area contributed by atoms with Crippen molar-refractivity contribution in [1.82, 2.24) is 15.0 Å². The van der Waals surface area contributed by atoms with Crippen LogP contribution in [0.4, 0.5) is 11.8 Å². The summed E-state index contributed by atoms with van der Waals surface area (Å²) >= 11 is 3.27. The first-order chi connectivity index (χ1) is 8.13. The molecular weight excluding hydrogens is 282 g/mol. The molecule has 17 heavy (non-hydrogen) atoms. The molecule has 2 rings (SSSR count). The minimum absolute atomic E-state index is 0.427. The number of nitrogens with two attached hydrogens (primary N) is 1. The second kappa shape index (κ2) is 5.09. The van der Waals surface area contributed by atoms with Crippen molar-refractivity contribution in [3.05, 3.63) is 40.3 Å². The van der Waals surface area contributed by atoms with Gasteiger partial charge in [-0.3, -0.25) is 4.98 Å². The summed E-state index contributed by atoms with van der Waals surface area (Å²) < 4.78 is 0.662. The van der Waals surface area contributed by atoms with Gasteiger partial charge < -0.3 is 11.1 Å². The summed E-state index contributed by atoms with van der Waals surface area (Å²) in [5, 5.41) is 3.09. The van der Waals surface area contributed by atoms with Crippen LogP contribution in [0.3, 0.4) is 0 Å². The minimum Gasteiger partial charge on any atom is -0.383 e. The van der Waals surface area contributed by atoms with Crippen molar-refractivity contribution in [2.45, 2.75) is 13.5 Å². The molecule has 0 saturated carbocycles. The SMILES string of the molecule is Cc1ccc(CNc2nc(N)cc(Br)n2)cn1. The van der Waals surface area contributed by atoms with Crippen molar-refractivity contribution in [3.8, 4) is 0 Å². The Labute approximate surface area is 108 Å². The number of anilines is 2. The number of aryl methyl sites for hydroxylation is 1. The molecule has 0 spiro atoms. The van der Waals surface area contributed by atoms with Crippen molar-refractivity contribution < 1.29 is 0 Å². The van der Waals surface area contributed by atoms with Crippen LogP contribution in [-0.4, -0.2) is 15.0 Å². The zero-order valence-corrected chi connectivity index (χ0v) is 10.9. The van der Waals surface area contributed by atoms with E-state index in [9.17, 15) is 0 Å². The molecule has 3 N–H and O–H groups in total. The van der Waals surface area contributed by atoms with Gasteiger partial charge in [-0.05, 0) is 34.5 Å². The third-order valence-corrected chi connectivity index (χ3v) is 2.54. The molecule has 0 fully saturated rings. The highest BCUT2D eigenvalue weighted by Crippen LogP contribution is 2.13. The van der Waals surface area contributed by atoms with Gasteiger partial charge in [-0.1, -0.05) is 6.07 Å². The molecule has 0 atom stereocenters. The van der Waals surface area contributed by atoms with E-state index in [0.717, 1.165) is 11.3 Å². The molecule has 0 aliphatic carbocycles. The standard InChI is InChI=1S/C11H12BrN5/c1-7-2-3-8(5-14-7)6-15-11-16-9(12)4-10(13)17-11/h2-5H,6H2,1H3,(H3,13,15,16,17). The maximum absolute atomic E-state index is 5.61. The number of aromatic nitrogens is 3. The molecule has 2 aromatic rings. The number of hydrogen-bond donors (Lipinski definition) is 2. The number of nitrogens with one attached hydrogen (secondary N) is 1. The predicted molar refractivity (Wildman–Crippen MR) is 70.4 cm³/mol. The Kier molecular flexibility index (Phi) is 3.53. The highest BCUT2D eigenvalue weighted by molar-refractivity contribution is 9.10. The molecule has 0 aliphatic rings. The van der Waals surface area contributed by atoms with E-state index in [2.05, 4.69) is 36.2 Å². The Morgan fingerprint density at radius 1 is 1.35 bits per heavy atom. The molecule has 0 amide bonds. The van der Waals surface area contributed by atoms with Gasteiger partial charge in [0.2, 0.25) is 5.95 Å². The number of rotatable bonds is 3. The maximum atomic E-state index is 5.61. The zero-order chi connectivity index (χ0) is 12.3. The van der Waals surface area contributed by atoms with Gasteiger partial charge in [0.15, 0.2) is 0 Å². The summed E-state index contributed by atoms with van der Waals surface area (Å²) in [5.74, 6) is 0.925. The van der Waals surface area contributed by atoms with Crippen molar-refractivity contribution in [3.63, 3.8) is 0 Å². The molecule has 5 nitrogen and oxygen atoms in total. The average molecular weight is 294 g/mol.